The number of rotatable bonds is 8. The Kier molecular flexibility index (Phi) is 6.00. The van der Waals surface area contributed by atoms with Crippen LogP contribution in [-0.2, 0) is 13.1 Å². The van der Waals surface area contributed by atoms with Crippen molar-refractivity contribution in [1.82, 2.24) is 19.4 Å². The molecule has 0 saturated heterocycles. The second-order valence-corrected chi connectivity index (χ2v) is 4.52. The van der Waals surface area contributed by atoms with Crippen molar-refractivity contribution in [3.05, 3.63) is 22.9 Å². The molecule has 0 atom stereocenters. The van der Waals surface area contributed by atoms with Crippen LogP contribution in [0.5, 0.6) is 0 Å². The number of imidazole rings is 1. The minimum Gasteiger partial charge on any atom is -0.314 e. The van der Waals surface area contributed by atoms with E-state index in [2.05, 4.69) is 31.2 Å². The fourth-order valence-corrected chi connectivity index (χ4v) is 1.66. The smallest absolute Gasteiger partial charge is 0.314 e. The van der Waals surface area contributed by atoms with E-state index in [0.717, 1.165) is 39.1 Å². The fraction of sp³-hybridized carbons (Fsp3) is 0.750. The molecule has 5 heteroatoms. The van der Waals surface area contributed by atoms with Crippen molar-refractivity contribution in [2.75, 3.05) is 33.7 Å². The fourth-order valence-electron chi connectivity index (χ4n) is 1.66. The van der Waals surface area contributed by atoms with Crippen molar-refractivity contribution in [2.24, 2.45) is 0 Å². The van der Waals surface area contributed by atoms with Crippen LogP contribution in [0.25, 0.3) is 0 Å². The zero-order chi connectivity index (χ0) is 12.7. The van der Waals surface area contributed by atoms with Gasteiger partial charge in [-0.15, -0.1) is 0 Å². The Morgan fingerprint density at radius 1 is 1.18 bits per heavy atom. The van der Waals surface area contributed by atoms with Crippen molar-refractivity contribution in [3.8, 4) is 0 Å². The van der Waals surface area contributed by atoms with Crippen LogP contribution in [-0.4, -0.2) is 47.8 Å². The second-order valence-electron chi connectivity index (χ2n) is 4.52. The van der Waals surface area contributed by atoms with E-state index in [9.17, 15) is 4.79 Å². The van der Waals surface area contributed by atoms with E-state index < -0.39 is 0 Å². The highest BCUT2D eigenvalue weighted by Gasteiger charge is 2.01. The molecule has 0 bridgehead atoms. The monoisotopic (exact) mass is 240 g/mol. The first-order valence-corrected chi connectivity index (χ1v) is 6.26. The number of likely N-dealkylation sites (N-methyl/N-ethyl adjacent to an activating group) is 1. The maximum absolute atomic E-state index is 11.8. The molecule has 0 aliphatic carbocycles. The molecule has 17 heavy (non-hydrogen) atoms. The molecule has 0 aromatic carbocycles. The molecule has 1 aromatic heterocycles. The van der Waals surface area contributed by atoms with E-state index in [4.69, 9.17) is 0 Å². The van der Waals surface area contributed by atoms with Gasteiger partial charge in [-0.25, -0.2) is 4.79 Å². The average molecular weight is 240 g/mol. The third-order valence-electron chi connectivity index (χ3n) is 2.65. The summed E-state index contributed by atoms with van der Waals surface area (Å²) in [6.45, 7) is 6.43. The number of aromatic nitrogens is 2. The first kappa shape index (κ1) is 14.0. The highest BCUT2D eigenvalue weighted by molar-refractivity contribution is 4.81. The molecular weight excluding hydrogens is 216 g/mol. The van der Waals surface area contributed by atoms with Crippen LogP contribution < -0.4 is 11.0 Å². The van der Waals surface area contributed by atoms with Crippen LogP contribution in [0.15, 0.2) is 17.2 Å². The molecule has 1 aromatic rings. The Balaban J connectivity index is 2.30. The lowest BCUT2D eigenvalue weighted by molar-refractivity contribution is 0.397. The lowest BCUT2D eigenvalue weighted by atomic mass is 10.5. The minimum atomic E-state index is 0.0984. The highest BCUT2D eigenvalue weighted by Crippen LogP contribution is 1.88. The lowest BCUT2D eigenvalue weighted by Gasteiger charge is -2.10. The molecule has 0 aliphatic heterocycles. The molecular formula is C12H24N4O. The molecule has 0 spiro atoms. The summed E-state index contributed by atoms with van der Waals surface area (Å²) in [7, 11) is 4.11. The predicted molar refractivity (Wildman–Crippen MR) is 70.4 cm³/mol. The maximum Gasteiger partial charge on any atom is 0.328 e. The molecule has 1 N–H and O–H groups in total. The number of aryl methyl sites for hydroxylation is 1. The Labute approximate surface area is 103 Å². The Morgan fingerprint density at radius 3 is 2.41 bits per heavy atom. The van der Waals surface area contributed by atoms with Gasteiger partial charge in [0.1, 0.15) is 0 Å². The molecule has 0 fully saturated rings. The van der Waals surface area contributed by atoms with Crippen LogP contribution in [0, 0.1) is 0 Å². The molecule has 0 amide bonds. The maximum atomic E-state index is 11.8. The molecule has 1 rings (SSSR count). The van der Waals surface area contributed by atoms with Crippen LogP contribution in [0.2, 0.25) is 0 Å². The molecule has 98 valence electrons. The van der Waals surface area contributed by atoms with Crippen molar-refractivity contribution < 1.29 is 0 Å². The van der Waals surface area contributed by atoms with Crippen LogP contribution in [0.3, 0.4) is 0 Å². The molecule has 1 heterocycles. The van der Waals surface area contributed by atoms with Gasteiger partial charge in [-0.3, -0.25) is 9.13 Å². The van der Waals surface area contributed by atoms with Crippen molar-refractivity contribution in [1.29, 1.82) is 0 Å². The van der Waals surface area contributed by atoms with Gasteiger partial charge in [-0.1, -0.05) is 6.92 Å². The van der Waals surface area contributed by atoms with Crippen molar-refractivity contribution in [2.45, 2.75) is 26.4 Å². The summed E-state index contributed by atoms with van der Waals surface area (Å²) in [5.41, 5.74) is 0.0984. The summed E-state index contributed by atoms with van der Waals surface area (Å²) >= 11 is 0. The van der Waals surface area contributed by atoms with Crippen LogP contribution >= 0.6 is 0 Å². The van der Waals surface area contributed by atoms with Crippen molar-refractivity contribution >= 4 is 0 Å². The number of nitrogens with one attached hydrogen (secondary N) is 1. The Hall–Kier alpha value is -1.07. The van der Waals surface area contributed by atoms with E-state index in [1.54, 1.807) is 9.13 Å². The summed E-state index contributed by atoms with van der Waals surface area (Å²) in [6.07, 6.45) is 4.72. The number of hydrogen-bond donors (Lipinski definition) is 1. The van der Waals surface area contributed by atoms with Gasteiger partial charge in [0.25, 0.3) is 0 Å². The van der Waals surface area contributed by atoms with Gasteiger partial charge in [0.15, 0.2) is 0 Å². The summed E-state index contributed by atoms with van der Waals surface area (Å²) < 4.78 is 3.53. The first-order chi connectivity index (χ1) is 8.15. The van der Waals surface area contributed by atoms with Gasteiger partial charge < -0.3 is 10.2 Å². The van der Waals surface area contributed by atoms with Crippen LogP contribution in [0.1, 0.15) is 13.3 Å². The minimum absolute atomic E-state index is 0.0984. The lowest BCUT2D eigenvalue weighted by Crippen LogP contribution is -2.31. The highest BCUT2D eigenvalue weighted by atomic mass is 16.1. The van der Waals surface area contributed by atoms with E-state index >= 15 is 0 Å². The summed E-state index contributed by atoms with van der Waals surface area (Å²) in [6, 6.07) is 0. The van der Waals surface area contributed by atoms with E-state index in [1.165, 1.54) is 0 Å². The molecule has 0 aliphatic rings. The predicted octanol–water partition coefficient (Wildman–Crippen LogP) is 0.211. The summed E-state index contributed by atoms with van der Waals surface area (Å²) in [4.78, 5) is 14.0. The van der Waals surface area contributed by atoms with E-state index in [0.29, 0.717) is 0 Å². The first-order valence-electron chi connectivity index (χ1n) is 6.26. The van der Waals surface area contributed by atoms with Crippen LogP contribution in [0.4, 0.5) is 0 Å². The zero-order valence-corrected chi connectivity index (χ0v) is 11.1. The van der Waals surface area contributed by atoms with Gasteiger partial charge in [-0.2, -0.15) is 0 Å². The largest absolute Gasteiger partial charge is 0.328 e. The number of hydrogen-bond acceptors (Lipinski definition) is 3. The van der Waals surface area contributed by atoms with Gasteiger partial charge in [0.2, 0.25) is 0 Å². The second kappa shape index (κ2) is 7.29. The van der Waals surface area contributed by atoms with Crippen molar-refractivity contribution in [3.63, 3.8) is 0 Å². The molecule has 5 nitrogen and oxygen atoms in total. The average Bonchev–Trinajstić information content (AvgIpc) is 2.61. The standard InChI is InChI=1S/C12H24N4O/c1-4-7-15-10-11-16(12(15)17)9-6-13-5-8-14(2)3/h10-11,13H,4-9H2,1-3H3. The Bertz CT molecular complexity index is 367. The van der Waals surface area contributed by atoms with E-state index in [1.807, 2.05) is 12.4 Å². The molecule has 0 saturated carbocycles. The quantitative estimate of drug-likeness (QED) is 0.661. The van der Waals surface area contributed by atoms with Gasteiger partial charge in [-0.05, 0) is 20.5 Å². The SMILES string of the molecule is CCCn1ccn(CCNCCN(C)C)c1=O. The summed E-state index contributed by atoms with van der Waals surface area (Å²) in [5, 5.41) is 3.32. The summed E-state index contributed by atoms with van der Waals surface area (Å²) in [5.74, 6) is 0. The Morgan fingerprint density at radius 2 is 1.82 bits per heavy atom. The molecule has 0 unspecified atom stereocenters. The van der Waals surface area contributed by atoms with Gasteiger partial charge in [0, 0.05) is 45.1 Å². The van der Waals surface area contributed by atoms with Gasteiger partial charge in [0.05, 0.1) is 0 Å². The topological polar surface area (TPSA) is 42.2 Å². The normalized spacial score (nSPS) is 11.3. The zero-order valence-electron chi connectivity index (χ0n) is 11.1. The third-order valence-corrected chi connectivity index (χ3v) is 2.65. The third kappa shape index (κ3) is 4.75. The molecule has 0 radical (unpaired) electrons. The van der Waals surface area contributed by atoms with E-state index in [-0.39, 0.29) is 5.69 Å². The van der Waals surface area contributed by atoms with Gasteiger partial charge >= 0.3 is 5.69 Å². The number of nitrogens with zero attached hydrogens (tertiary/aromatic N) is 3.